The minimum atomic E-state index is -2.68. The molecule has 0 saturated heterocycles. The maximum absolute atomic E-state index is 12.5. The van der Waals surface area contributed by atoms with Crippen molar-refractivity contribution in [3.8, 4) is 0 Å². The van der Waals surface area contributed by atoms with Crippen molar-refractivity contribution in [2.75, 3.05) is 0 Å². The number of nitrogens with zero attached hydrogens (tertiary/aromatic N) is 2. The molecule has 7 heteroatoms. The van der Waals surface area contributed by atoms with E-state index < -0.39 is 18.3 Å². The molecule has 0 spiro atoms. The van der Waals surface area contributed by atoms with Crippen LogP contribution in [0.1, 0.15) is 19.0 Å². The number of aromatic nitrogens is 2. The molecule has 0 aliphatic carbocycles. The summed E-state index contributed by atoms with van der Waals surface area (Å²) in [6.45, 7) is 1.37. The normalized spacial score (nSPS) is 13.1. The van der Waals surface area contributed by atoms with Gasteiger partial charge in [-0.2, -0.15) is 5.10 Å². The molecule has 0 radical (unpaired) electrons. The average Bonchev–Trinajstić information content (AvgIpc) is 2.46. The molecule has 1 atom stereocenters. The van der Waals surface area contributed by atoms with Crippen LogP contribution in [0.25, 0.3) is 0 Å². The Morgan fingerprint density at radius 3 is 2.80 bits per heavy atom. The van der Waals surface area contributed by atoms with E-state index in [1.807, 2.05) is 0 Å². The molecule has 1 aromatic heterocycles. The van der Waals surface area contributed by atoms with Gasteiger partial charge in [-0.3, -0.25) is 9.48 Å². The zero-order valence-corrected chi connectivity index (χ0v) is 9.41. The lowest BCUT2D eigenvalue weighted by Crippen LogP contribution is -2.19. The van der Waals surface area contributed by atoms with Crippen molar-refractivity contribution >= 4 is 21.9 Å². The number of hydrogen-bond acceptors (Lipinski definition) is 2. The third kappa shape index (κ3) is 2.74. The van der Waals surface area contributed by atoms with Gasteiger partial charge in [-0.05, 0) is 15.9 Å². The molecule has 0 aliphatic rings. The summed E-state index contributed by atoms with van der Waals surface area (Å²) in [6.07, 6.45) is -1.45. The molecule has 0 saturated carbocycles. The summed E-state index contributed by atoms with van der Waals surface area (Å²) in [6, 6.07) is 0. The van der Waals surface area contributed by atoms with Crippen LogP contribution in [0, 0.1) is 5.92 Å². The standard InChI is InChI=1S/C8H9BrF2N2O2/c1-4(8(14)15)3-13-6(7(10)11)5(9)2-12-13/h2,4,7H,3H2,1H3,(H,14,15)/t4-/m1/s1. The summed E-state index contributed by atoms with van der Waals surface area (Å²) in [7, 11) is 0. The Bertz CT molecular complexity index is 368. The third-order valence-corrected chi connectivity index (χ3v) is 2.52. The second-order valence-corrected chi connectivity index (χ2v) is 3.95. The molecule has 1 aromatic rings. The summed E-state index contributed by atoms with van der Waals surface area (Å²) < 4.78 is 26.3. The summed E-state index contributed by atoms with van der Waals surface area (Å²) in [5.41, 5.74) is -0.289. The minimum Gasteiger partial charge on any atom is -0.481 e. The number of carboxylic acid groups (broad SMARTS) is 1. The molecule has 0 unspecified atom stereocenters. The van der Waals surface area contributed by atoms with Gasteiger partial charge >= 0.3 is 5.97 Å². The van der Waals surface area contributed by atoms with Crippen molar-refractivity contribution in [1.29, 1.82) is 0 Å². The number of aliphatic carboxylic acids is 1. The van der Waals surface area contributed by atoms with Gasteiger partial charge in [0.2, 0.25) is 0 Å². The quantitative estimate of drug-likeness (QED) is 0.922. The number of rotatable bonds is 4. The number of alkyl halides is 2. The molecule has 0 aliphatic heterocycles. The predicted molar refractivity (Wildman–Crippen MR) is 51.7 cm³/mol. The highest BCUT2D eigenvalue weighted by Crippen LogP contribution is 2.27. The molecular formula is C8H9BrF2N2O2. The molecule has 0 fully saturated rings. The van der Waals surface area contributed by atoms with Crippen LogP contribution >= 0.6 is 15.9 Å². The third-order valence-electron chi connectivity index (χ3n) is 1.91. The van der Waals surface area contributed by atoms with Crippen molar-refractivity contribution in [2.45, 2.75) is 19.9 Å². The van der Waals surface area contributed by atoms with E-state index in [2.05, 4.69) is 21.0 Å². The number of carboxylic acids is 1. The highest BCUT2D eigenvalue weighted by atomic mass is 79.9. The Kier molecular flexibility index (Phi) is 3.78. The smallest absolute Gasteiger partial charge is 0.308 e. The average molecular weight is 283 g/mol. The van der Waals surface area contributed by atoms with Crippen LogP contribution in [0.4, 0.5) is 8.78 Å². The Hall–Kier alpha value is -0.980. The van der Waals surface area contributed by atoms with Gasteiger partial charge in [-0.25, -0.2) is 8.78 Å². The van der Waals surface area contributed by atoms with Crippen molar-refractivity contribution in [2.24, 2.45) is 5.92 Å². The fraction of sp³-hybridized carbons (Fsp3) is 0.500. The van der Waals surface area contributed by atoms with E-state index >= 15 is 0 Å². The van der Waals surface area contributed by atoms with Crippen LogP contribution in [0.3, 0.4) is 0 Å². The molecule has 1 heterocycles. The first-order chi connectivity index (χ1) is 6.93. The molecule has 1 rings (SSSR count). The topological polar surface area (TPSA) is 55.1 Å². The monoisotopic (exact) mass is 282 g/mol. The van der Waals surface area contributed by atoms with Crippen LogP contribution in [0.2, 0.25) is 0 Å². The lowest BCUT2D eigenvalue weighted by molar-refractivity contribution is -0.141. The van der Waals surface area contributed by atoms with E-state index in [0.717, 1.165) is 4.68 Å². The van der Waals surface area contributed by atoms with Crippen molar-refractivity contribution in [3.63, 3.8) is 0 Å². The Labute approximate surface area is 93.0 Å². The van der Waals surface area contributed by atoms with Gasteiger partial charge in [-0.15, -0.1) is 0 Å². The highest BCUT2D eigenvalue weighted by Gasteiger charge is 2.21. The summed E-state index contributed by atoms with van der Waals surface area (Å²) >= 11 is 2.93. The summed E-state index contributed by atoms with van der Waals surface area (Å²) in [5, 5.41) is 12.3. The molecule has 0 aromatic carbocycles. The van der Waals surface area contributed by atoms with Crippen molar-refractivity contribution < 1.29 is 18.7 Å². The van der Waals surface area contributed by atoms with E-state index in [1.165, 1.54) is 13.1 Å². The van der Waals surface area contributed by atoms with Gasteiger partial charge < -0.3 is 5.11 Å². The molecule has 4 nitrogen and oxygen atoms in total. The highest BCUT2D eigenvalue weighted by molar-refractivity contribution is 9.10. The van der Waals surface area contributed by atoms with Crippen LogP contribution < -0.4 is 0 Å². The zero-order valence-electron chi connectivity index (χ0n) is 7.82. The Morgan fingerprint density at radius 1 is 1.73 bits per heavy atom. The molecule has 15 heavy (non-hydrogen) atoms. The summed E-state index contributed by atoms with van der Waals surface area (Å²) in [5.74, 6) is -1.80. The number of carbonyl (C=O) groups is 1. The van der Waals surface area contributed by atoms with Crippen LogP contribution in [-0.2, 0) is 11.3 Å². The zero-order chi connectivity index (χ0) is 11.6. The fourth-order valence-corrected chi connectivity index (χ4v) is 1.54. The second-order valence-electron chi connectivity index (χ2n) is 3.10. The van der Waals surface area contributed by atoms with Gasteiger partial charge in [0, 0.05) is 0 Å². The SMILES string of the molecule is C[C@H](Cn1ncc(Br)c1C(F)F)C(=O)O. The summed E-state index contributed by atoms with van der Waals surface area (Å²) in [4.78, 5) is 10.6. The van der Waals surface area contributed by atoms with E-state index in [4.69, 9.17) is 5.11 Å². The van der Waals surface area contributed by atoms with Gasteiger partial charge in [0.25, 0.3) is 6.43 Å². The number of halogens is 3. The largest absolute Gasteiger partial charge is 0.481 e. The van der Waals surface area contributed by atoms with Gasteiger partial charge in [-0.1, -0.05) is 6.92 Å². The number of hydrogen-bond donors (Lipinski definition) is 1. The van der Waals surface area contributed by atoms with E-state index in [1.54, 1.807) is 0 Å². The predicted octanol–water partition coefficient (Wildman–Crippen LogP) is 2.30. The first-order valence-electron chi connectivity index (χ1n) is 4.15. The van der Waals surface area contributed by atoms with E-state index in [0.29, 0.717) is 0 Å². The molecule has 0 amide bonds. The Morgan fingerprint density at radius 2 is 2.33 bits per heavy atom. The van der Waals surface area contributed by atoms with Gasteiger partial charge in [0.15, 0.2) is 0 Å². The first-order valence-corrected chi connectivity index (χ1v) is 4.95. The lowest BCUT2D eigenvalue weighted by Gasteiger charge is -2.09. The van der Waals surface area contributed by atoms with Crippen LogP contribution in [0.5, 0.6) is 0 Å². The maximum Gasteiger partial charge on any atom is 0.308 e. The second kappa shape index (κ2) is 4.69. The maximum atomic E-state index is 12.5. The molecular weight excluding hydrogens is 274 g/mol. The van der Waals surface area contributed by atoms with Gasteiger partial charge in [0.05, 0.1) is 23.1 Å². The van der Waals surface area contributed by atoms with Crippen molar-refractivity contribution in [1.82, 2.24) is 9.78 Å². The van der Waals surface area contributed by atoms with E-state index in [-0.39, 0.29) is 16.7 Å². The van der Waals surface area contributed by atoms with Gasteiger partial charge in [0.1, 0.15) is 5.69 Å². The lowest BCUT2D eigenvalue weighted by atomic mass is 10.2. The van der Waals surface area contributed by atoms with E-state index in [9.17, 15) is 13.6 Å². The fourth-order valence-electron chi connectivity index (χ4n) is 1.07. The first kappa shape index (κ1) is 12.1. The van der Waals surface area contributed by atoms with Crippen LogP contribution in [-0.4, -0.2) is 20.9 Å². The Balaban J connectivity index is 2.90. The van der Waals surface area contributed by atoms with Crippen molar-refractivity contribution in [3.05, 3.63) is 16.4 Å². The molecule has 0 bridgehead atoms. The molecule has 1 N–H and O–H groups in total. The minimum absolute atomic E-state index is 0.0688. The van der Waals surface area contributed by atoms with Crippen LogP contribution in [0.15, 0.2) is 10.7 Å². The molecule has 84 valence electrons.